The average molecular weight is 445 g/mol. The Morgan fingerprint density at radius 2 is 2.28 bits per heavy atom. The van der Waals surface area contributed by atoms with Crippen LogP contribution < -0.4 is 10.8 Å². The molecule has 2 aromatic rings. The van der Waals surface area contributed by atoms with E-state index in [2.05, 4.69) is 25.8 Å². The summed E-state index contributed by atoms with van der Waals surface area (Å²) in [7, 11) is 0. The Kier molecular flexibility index (Phi) is 7.81. The molecule has 0 saturated carbocycles. The van der Waals surface area contributed by atoms with Crippen molar-refractivity contribution in [1.82, 2.24) is 25.1 Å². The Bertz CT molecular complexity index is 901. The number of hydrogen-bond acceptors (Lipinski definition) is 7. The van der Waals surface area contributed by atoms with E-state index >= 15 is 0 Å². The standard InChI is InChI=1S/C22H29FN6O3/c23-19-14-17(5-6-20(30)27-32-21-4-1-2-13-31-21)15-24-22(19)26-18-7-10-28(16-18)11-12-29-9-3-8-25-29/h3,5-6,8-9,14-15,18,21H,1-2,4,7,10-13,16H2,(H,24,26)(H,27,30)/b6-5+/t18-,21?/m1/s1. The van der Waals surface area contributed by atoms with E-state index in [1.54, 1.807) is 6.20 Å². The van der Waals surface area contributed by atoms with E-state index in [0.29, 0.717) is 12.2 Å². The zero-order valence-electron chi connectivity index (χ0n) is 18.0. The van der Waals surface area contributed by atoms with Crippen LogP contribution in [0.1, 0.15) is 31.2 Å². The summed E-state index contributed by atoms with van der Waals surface area (Å²) < 4.78 is 21.8. The van der Waals surface area contributed by atoms with Gasteiger partial charge in [-0.3, -0.25) is 14.4 Å². The molecule has 0 aliphatic carbocycles. The van der Waals surface area contributed by atoms with Crippen LogP contribution in [0.3, 0.4) is 0 Å². The topological polar surface area (TPSA) is 93.5 Å². The number of nitrogens with one attached hydrogen (secondary N) is 2. The van der Waals surface area contributed by atoms with Gasteiger partial charge in [-0.15, -0.1) is 0 Å². The molecule has 0 bridgehead atoms. The minimum absolute atomic E-state index is 0.140. The van der Waals surface area contributed by atoms with Gasteiger partial charge in [0.05, 0.1) is 6.54 Å². The molecule has 2 fully saturated rings. The molecular formula is C22H29FN6O3. The van der Waals surface area contributed by atoms with Gasteiger partial charge < -0.3 is 10.1 Å². The van der Waals surface area contributed by atoms with Crippen LogP contribution in [-0.4, -0.2) is 64.1 Å². The molecule has 2 aromatic heterocycles. The Balaban J connectivity index is 1.21. The fourth-order valence-electron chi connectivity index (χ4n) is 3.81. The lowest BCUT2D eigenvalue weighted by molar-refractivity contribution is -0.198. The van der Waals surface area contributed by atoms with Gasteiger partial charge in [0.15, 0.2) is 17.9 Å². The Morgan fingerprint density at radius 3 is 3.06 bits per heavy atom. The van der Waals surface area contributed by atoms with Gasteiger partial charge in [0, 0.05) is 63.4 Å². The monoisotopic (exact) mass is 444 g/mol. The Labute approximate surface area is 186 Å². The van der Waals surface area contributed by atoms with E-state index in [-0.39, 0.29) is 11.9 Å². The minimum Gasteiger partial charge on any atom is -0.364 e. The van der Waals surface area contributed by atoms with Crippen molar-refractivity contribution in [3.8, 4) is 0 Å². The van der Waals surface area contributed by atoms with Gasteiger partial charge in [0.2, 0.25) is 0 Å². The number of carbonyl (C=O) groups is 1. The summed E-state index contributed by atoms with van der Waals surface area (Å²) in [5, 5.41) is 7.41. The van der Waals surface area contributed by atoms with Crippen molar-refractivity contribution in [1.29, 1.82) is 0 Å². The average Bonchev–Trinajstić information content (AvgIpc) is 3.49. The first-order valence-electron chi connectivity index (χ1n) is 11.0. The predicted molar refractivity (Wildman–Crippen MR) is 117 cm³/mol. The van der Waals surface area contributed by atoms with Gasteiger partial charge in [0.25, 0.3) is 5.91 Å². The second kappa shape index (κ2) is 11.2. The third kappa shape index (κ3) is 6.59. The largest absolute Gasteiger partial charge is 0.364 e. The van der Waals surface area contributed by atoms with Gasteiger partial charge in [-0.05, 0) is 43.0 Å². The van der Waals surface area contributed by atoms with Crippen LogP contribution in [0.15, 0.2) is 36.8 Å². The molecule has 0 aromatic carbocycles. The summed E-state index contributed by atoms with van der Waals surface area (Å²) in [4.78, 5) is 23.6. The van der Waals surface area contributed by atoms with Crippen LogP contribution in [0, 0.1) is 5.82 Å². The molecule has 2 saturated heterocycles. The van der Waals surface area contributed by atoms with E-state index in [1.165, 1.54) is 24.4 Å². The van der Waals surface area contributed by atoms with Crippen LogP contribution in [0.4, 0.5) is 10.2 Å². The summed E-state index contributed by atoms with van der Waals surface area (Å²) in [6, 6.07) is 3.41. The van der Waals surface area contributed by atoms with Gasteiger partial charge in [-0.25, -0.2) is 19.7 Å². The van der Waals surface area contributed by atoms with Crippen LogP contribution in [-0.2, 0) is 20.9 Å². The number of halogens is 1. The molecule has 0 spiro atoms. The van der Waals surface area contributed by atoms with Gasteiger partial charge in [-0.1, -0.05) is 0 Å². The second-order valence-corrected chi connectivity index (χ2v) is 8.01. The fraction of sp³-hybridized carbons (Fsp3) is 0.500. The Hall–Kier alpha value is -2.82. The van der Waals surface area contributed by atoms with Crippen molar-refractivity contribution in [3.63, 3.8) is 0 Å². The summed E-state index contributed by atoms with van der Waals surface area (Å²) in [6.45, 7) is 4.14. The minimum atomic E-state index is -0.450. The van der Waals surface area contributed by atoms with E-state index in [1.807, 2.05) is 16.9 Å². The number of hydroxylamine groups is 1. The molecule has 1 unspecified atom stereocenters. The third-order valence-electron chi connectivity index (χ3n) is 5.54. The number of aromatic nitrogens is 3. The fourth-order valence-corrected chi connectivity index (χ4v) is 3.81. The summed E-state index contributed by atoms with van der Waals surface area (Å²) >= 11 is 0. The molecule has 0 radical (unpaired) electrons. The summed E-state index contributed by atoms with van der Waals surface area (Å²) in [6.07, 6.45) is 11.3. The quantitative estimate of drug-likeness (QED) is 0.452. The molecule has 1 amide bonds. The van der Waals surface area contributed by atoms with Crippen LogP contribution in [0.2, 0.25) is 0 Å². The molecule has 2 N–H and O–H groups in total. The molecule has 2 aliphatic heterocycles. The van der Waals surface area contributed by atoms with E-state index < -0.39 is 18.0 Å². The number of likely N-dealkylation sites (tertiary alicyclic amines) is 1. The number of anilines is 1. The molecule has 4 heterocycles. The molecular weight excluding hydrogens is 415 g/mol. The number of nitrogens with zero attached hydrogens (tertiary/aromatic N) is 4. The third-order valence-corrected chi connectivity index (χ3v) is 5.54. The highest BCUT2D eigenvalue weighted by Crippen LogP contribution is 2.18. The van der Waals surface area contributed by atoms with Crippen molar-refractivity contribution >= 4 is 17.8 Å². The van der Waals surface area contributed by atoms with E-state index in [4.69, 9.17) is 9.57 Å². The van der Waals surface area contributed by atoms with E-state index in [9.17, 15) is 9.18 Å². The number of pyridine rings is 1. The molecule has 2 atom stereocenters. The molecule has 9 nitrogen and oxygen atoms in total. The normalized spacial score (nSPS) is 21.8. The van der Waals surface area contributed by atoms with Crippen LogP contribution >= 0.6 is 0 Å². The smallest absolute Gasteiger partial charge is 0.267 e. The van der Waals surface area contributed by atoms with Crippen molar-refractivity contribution in [2.24, 2.45) is 0 Å². The van der Waals surface area contributed by atoms with Crippen LogP contribution in [0.25, 0.3) is 6.08 Å². The van der Waals surface area contributed by atoms with E-state index in [0.717, 1.165) is 51.9 Å². The first-order valence-corrected chi connectivity index (χ1v) is 11.0. The zero-order valence-corrected chi connectivity index (χ0v) is 18.0. The van der Waals surface area contributed by atoms with Crippen molar-refractivity contribution in [3.05, 3.63) is 48.2 Å². The van der Waals surface area contributed by atoms with Crippen LogP contribution in [0.5, 0.6) is 0 Å². The molecule has 4 rings (SSSR count). The highest BCUT2D eigenvalue weighted by Gasteiger charge is 2.23. The highest BCUT2D eigenvalue weighted by atomic mass is 19.1. The predicted octanol–water partition coefficient (Wildman–Crippen LogP) is 2.19. The first kappa shape index (κ1) is 22.4. The zero-order chi connectivity index (χ0) is 22.2. The van der Waals surface area contributed by atoms with Crippen molar-refractivity contribution in [2.75, 3.05) is 31.6 Å². The lowest BCUT2D eigenvalue weighted by Gasteiger charge is -2.21. The maximum absolute atomic E-state index is 14.5. The molecule has 10 heteroatoms. The van der Waals surface area contributed by atoms with Gasteiger partial charge in [-0.2, -0.15) is 5.10 Å². The number of rotatable bonds is 9. The lowest BCUT2D eigenvalue weighted by Crippen LogP contribution is -2.32. The molecule has 2 aliphatic rings. The van der Waals surface area contributed by atoms with Crippen molar-refractivity contribution in [2.45, 2.75) is 44.6 Å². The lowest BCUT2D eigenvalue weighted by atomic mass is 10.2. The number of amides is 1. The number of ether oxygens (including phenoxy) is 1. The summed E-state index contributed by atoms with van der Waals surface area (Å²) in [5.74, 6) is -0.666. The molecule has 172 valence electrons. The number of hydrogen-bond donors (Lipinski definition) is 2. The Morgan fingerprint density at radius 1 is 1.34 bits per heavy atom. The van der Waals surface area contributed by atoms with Crippen molar-refractivity contribution < 1.29 is 18.8 Å². The maximum Gasteiger partial charge on any atom is 0.267 e. The maximum atomic E-state index is 14.5. The highest BCUT2D eigenvalue weighted by molar-refractivity contribution is 5.90. The second-order valence-electron chi connectivity index (χ2n) is 8.01. The SMILES string of the molecule is O=C(/C=C/c1cnc(N[C@@H]2CCN(CCn3cccn3)C2)c(F)c1)NOC1CCCCO1. The first-order chi connectivity index (χ1) is 15.7. The summed E-state index contributed by atoms with van der Waals surface area (Å²) in [5.41, 5.74) is 2.82. The number of carbonyl (C=O) groups excluding carboxylic acids is 1. The molecule has 32 heavy (non-hydrogen) atoms. The van der Waals surface area contributed by atoms with Gasteiger partial charge in [0.1, 0.15) is 0 Å². The van der Waals surface area contributed by atoms with Gasteiger partial charge >= 0.3 is 0 Å².